The molecular formula is C48H100ClN. The Kier molecular flexibility index (Phi) is 47.5. The Bertz CT molecular complexity index is 475. The van der Waals surface area contributed by atoms with Crippen molar-refractivity contribution in [3.05, 3.63) is 0 Å². The summed E-state index contributed by atoms with van der Waals surface area (Å²) in [5.41, 5.74) is 0. The van der Waals surface area contributed by atoms with Gasteiger partial charge in [-0.05, 0) is 51.4 Å². The van der Waals surface area contributed by atoms with Gasteiger partial charge in [0.1, 0.15) is 0 Å². The van der Waals surface area contributed by atoms with E-state index in [9.17, 15) is 0 Å². The van der Waals surface area contributed by atoms with E-state index in [4.69, 9.17) is 0 Å². The van der Waals surface area contributed by atoms with Gasteiger partial charge in [0.15, 0.2) is 0 Å². The van der Waals surface area contributed by atoms with Gasteiger partial charge >= 0.3 is 0 Å². The van der Waals surface area contributed by atoms with Crippen molar-refractivity contribution in [2.24, 2.45) is 0 Å². The molecule has 0 heterocycles. The van der Waals surface area contributed by atoms with E-state index in [-0.39, 0.29) is 12.4 Å². The van der Waals surface area contributed by atoms with Crippen LogP contribution in [0.2, 0.25) is 0 Å². The van der Waals surface area contributed by atoms with E-state index in [0.29, 0.717) is 0 Å². The number of quaternary nitrogens is 1. The maximum absolute atomic E-state index is 2.34. The number of nitrogens with zero attached hydrogens (tertiary/aromatic N) is 1. The molecule has 0 aromatic carbocycles. The smallest absolute Gasteiger partial charge is 0.0786 e. The fourth-order valence-electron chi connectivity index (χ4n) is 8.41. The van der Waals surface area contributed by atoms with Gasteiger partial charge < -0.3 is 16.9 Å². The van der Waals surface area contributed by atoms with Crippen molar-refractivity contribution in [3.63, 3.8) is 0 Å². The molecule has 0 unspecified atom stereocenters. The number of unbranched alkanes of at least 4 members (excludes halogenated alkanes) is 36. The molecule has 0 atom stereocenters. The maximum atomic E-state index is 2.34. The lowest BCUT2D eigenvalue weighted by molar-refractivity contribution is -0.929. The van der Waals surface area contributed by atoms with E-state index < -0.39 is 0 Å². The number of rotatable bonds is 44. The minimum atomic E-state index is 0. The van der Waals surface area contributed by atoms with Gasteiger partial charge in [0.25, 0.3) is 0 Å². The van der Waals surface area contributed by atoms with E-state index >= 15 is 0 Å². The predicted octanol–water partition coefficient (Wildman–Crippen LogP) is 14.5. The van der Waals surface area contributed by atoms with Gasteiger partial charge in [-0.2, -0.15) is 0 Å². The van der Waals surface area contributed by atoms with E-state index in [0.717, 1.165) is 0 Å². The first-order valence-electron chi connectivity index (χ1n) is 24.1. The van der Waals surface area contributed by atoms with Gasteiger partial charge in [-0.15, -0.1) is 0 Å². The molecule has 0 aliphatic heterocycles. The summed E-state index contributed by atoms with van der Waals surface area (Å²) in [6.07, 6.45) is 58.7. The highest BCUT2D eigenvalue weighted by molar-refractivity contribution is 4.56. The van der Waals surface area contributed by atoms with Gasteiger partial charge in [-0.25, -0.2) is 0 Å². The third-order valence-electron chi connectivity index (χ3n) is 11.9. The zero-order chi connectivity index (χ0) is 35.6. The largest absolute Gasteiger partial charge is 1.00 e. The van der Waals surface area contributed by atoms with Crippen LogP contribution in [0.3, 0.4) is 0 Å². The van der Waals surface area contributed by atoms with Gasteiger partial charge in [0.2, 0.25) is 0 Å². The Balaban J connectivity index is 0. The summed E-state index contributed by atoms with van der Waals surface area (Å²) in [6.45, 7) is 15.3. The molecule has 0 N–H and O–H groups in total. The van der Waals surface area contributed by atoms with Crippen LogP contribution >= 0.6 is 0 Å². The fraction of sp³-hybridized carbons (Fsp3) is 1.00. The lowest BCUT2D eigenvalue weighted by atomic mass is 10.0. The monoisotopic (exact) mass is 726 g/mol. The summed E-state index contributed by atoms with van der Waals surface area (Å²) in [6, 6.07) is 0. The third-order valence-corrected chi connectivity index (χ3v) is 11.9. The zero-order valence-electron chi connectivity index (χ0n) is 35.9. The molecule has 0 saturated heterocycles. The second-order valence-electron chi connectivity index (χ2n) is 17.0. The summed E-state index contributed by atoms with van der Waals surface area (Å²) in [4.78, 5) is 0. The number of hydrogen-bond acceptors (Lipinski definition) is 0. The molecule has 304 valence electrons. The molecule has 0 aromatic heterocycles. The Morgan fingerprint density at radius 1 is 0.180 bits per heavy atom. The van der Waals surface area contributed by atoms with Crippen LogP contribution in [0.25, 0.3) is 0 Å². The van der Waals surface area contributed by atoms with Crippen LogP contribution in [0.5, 0.6) is 0 Å². The van der Waals surface area contributed by atoms with Gasteiger partial charge in [0, 0.05) is 0 Å². The quantitative estimate of drug-likeness (QED) is 0.0433. The van der Waals surface area contributed by atoms with E-state index in [1.807, 2.05) is 0 Å². The standard InChI is InChI=1S/C48H100N.ClH/c1-5-9-13-17-21-25-29-33-37-41-45-49(46-42-38-34-30-26-22-18-14-10-6-2,47-43-39-35-31-27-23-19-15-11-7-3)48-44-40-36-32-28-24-20-16-12-8-4;/h5-48H2,1-4H3;1H/q+1;/p-1. The predicted molar refractivity (Wildman–Crippen MR) is 227 cm³/mol. The van der Waals surface area contributed by atoms with E-state index in [1.54, 1.807) is 0 Å². The molecule has 0 fully saturated rings. The van der Waals surface area contributed by atoms with Crippen LogP contribution in [0.15, 0.2) is 0 Å². The molecule has 2 heteroatoms. The SMILES string of the molecule is CCCCCCCCCCCC[N+](CCCCCCCCCCCC)(CCCCCCCCCCCC)CCCCCCCCCCCC.[Cl-]. The molecule has 50 heavy (non-hydrogen) atoms. The molecule has 0 aliphatic carbocycles. The van der Waals surface area contributed by atoms with Crippen molar-refractivity contribution in [1.29, 1.82) is 0 Å². The van der Waals surface area contributed by atoms with Crippen molar-refractivity contribution >= 4 is 0 Å². The normalized spacial score (nSPS) is 11.8. The molecule has 0 aromatic rings. The van der Waals surface area contributed by atoms with Gasteiger partial charge in [0.05, 0.1) is 26.2 Å². The van der Waals surface area contributed by atoms with Crippen LogP contribution < -0.4 is 12.4 Å². The average Bonchev–Trinajstić information content (AvgIpc) is 3.11. The molecular weight excluding hydrogens is 626 g/mol. The van der Waals surface area contributed by atoms with Crippen molar-refractivity contribution < 1.29 is 16.9 Å². The van der Waals surface area contributed by atoms with Crippen LogP contribution in [0.4, 0.5) is 0 Å². The van der Waals surface area contributed by atoms with Crippen LogP contribution in [-0.2, 0) is 0 Å². The number of hydrogen-bond donors (Lipinski definition) is 0. The molecule has 0 radical (unpaired) electrons. The van der Waals surface area contributed by atoms with Gasteiger partial charge in [-0.3, -0.25) is 0 Å². The van der Waals surface area contributed by atoms with Crippen molar-refractivity contribution in [2.75, 3.05) is 26.2 Å². The first kappa shape index (κ1) is 52.4. The lowest BCUT2D eigenvalue weighted by Crippen LogP contribution is -3.00. The fourth-order valence-corrected chi connectivity index (χ4v) is 8.41. The molecule has 0 rings (SSSR count). The molecule has 0 spiro atoms. The molecule has 1 nitrogen and oxygen atoms in total. The summed E-state index contributed by atoms with van der Waals surface area (Å²) >= 11 is 0. The Hall–Kier alpha value is 0.250. The van der Waals surface area contributed by atoms with Crippen molar-refractivity contribution in [2.45, 2.75) is 285 Å². The summed E-state index contributed by atoms with van der Waals surface area (Å²) < 4.78 is 1.49. The van der Waals surface area contributed by atoms with Crippen molar-refractivity contribution in [1.82, 2.24) is 0 Å². The number of halogens is 1. The Morgan fingerprint density at radius 3 is 0.440 bits per heavy atom. The van der Waals surface area contributed by atoms with Crippen LogP contribution in [0, 0.1) is 0 Å². The molecule has 0 amide bonds. The Morgan fingerprint density at radius 2 is 0.300 bits per heavy atom. The van der Waals surface area contributed by atoms with Gasteiger partial charge in [-0.1, -0.05) is 233 Å². The minimum Gasteiger partial charge on any atom is -1.00 e. The minimum absolute atomic E-state index is 0. The third kappa shape index (κ3) is 39.5. The zero-order valence-corrected chi connectivity index (χ0v) is 36.7. The average molecular weight is 727 g/mol. The highest BCUT2D eigenvalue weighted by atomic mass is 35.5. The molecule has 0 saturated carbocycles. The Labute approximate surface area is 326 Å². The van der Waals surface area contributed by atoms with Crippen LogP contribution in [0.1, 0.15) is 285 Å². The highest BCUT2D eigenvalue weighted by Gasteiger charge is 2.25. The highest BCUT2D eigenvalue weighted by Crippen LogP contribution is 2.22. The van der Waals surface area contributed by atoms with E-state index in [2.05, 4.69) is 27.7 Å². The summed E-state index contributed by atoms with van der Waals surface area (Å²) in [5, 5.41) is 0. The second kappa shape index (κ2) is 45.4. The molecule has 0 aliphatic rings. The van der Waals surface area contributed by atoms with Crippen molar-refractivity contribution in [3.8, 4) is 0 Å². The van der Waals surface area contributed by atoms with Crippen LogP contribution in [-0.4, -0.2) is 30.7 Å². The summed E-state index contributed by atoms with van der Waals surface area (Å²) in [7, 11) is 0. The second-order valence-corrected chi connectivity index (χ2v) is 17.0. The first-order chi connectivity index (χ1) is 24.2. The maximum Gasteiger partial charge on any atom is 0.0786 e. The lowest BCUT2D eigenvalue weighted by Gasteiger charge is -2.40. The summed E-state index contributed by atoms with van der Waals surface area (Å²) in [5.74, 6) is 0. The molecule has 0 bridgehead atoms. The first-order valence-corrected chi connectivity index (χ1v) is 24.1. The van der Waals surface area contributed by atoms with E-state index in [1.165, 1.54) is 287 Å². The topological polar surface area (TPSA) is 0 Å².